The fourth-order valence-corrected chi connectivity index (χ4v) is 2.12. The van der Waals surface area contributed by atoms with Crippen LogP contribution in [0.5, 0.6) is 11.5 Å². The third kappa shape index (κ3) is 2.13. The molecule has 86 valence electrons. The van der Waals surface area contributed by atoms with E-state index in [1.807, 2.05) is 36.4 Å². The Kier molecular flexibility index (Phi) is 2.73. The van der Waals surface area contributed by atoms with E-state index < -0.39 is 0 Å². The largest absolute Gasteiger partial charge is 0.486 e. The van der Waals surface area contributed by atoms with Crippen LogP contribution in [0.2, 0.25) is 0 Å². The van der Waals surface area contributed by atoms with Crippen LogP contribution in [0.4, 0.5) is 0 Å². The molecule has 1 aromatic carbocycles. The number of ether oxygens (including phenoxy) is 2. The highest BCUT2D eigenvalue weighted by Gasteiger charge is 2.12. The normalized spacial score (nSPS) is 13.5. The SMILES string of the molecule is Brc1cccc(-c2ccc3c(c2)OCCO3)n1. The summed E-state index contributed by atoms with van der Waals surface area (Å²) < 4.78 is 11.9. The van der Waals surface area contributed by atoms with E-state index in [9.17, 15) is 0 Å². The summed E-state index contributed by atoms with van der Waals surface area (Å²) in [6, 6.07) is 11.7. The molecule has 0 fully saturated rings. The number of halogens is 1. The van der Waals surface area contributed by atoms with E-state index in [1.165, 1.54) is 0 Å². The van der Waals surface area contributed by atoms with Crippen LogP contribution in [0.25, 0.3) is 11.3 Å². The van der Waals surface area contributed by atoms with Crippen LogP contribution >= 0.6 is 15.9 Å². The summed E-state index contributed by atoms with van der Waals surface area (Å²) >= 11 is 3.37. The molecule has 0 amide bonds. The fraction of sp³-hybridized carbons (Fsp3) is 0.154. The third-order valence-electron chi connectivity index (χ3n) is 2.55. The van der Waals surface area contributed by atoms with Gasteiger partial charge in [0.25, 0.3) is 0 Å². The molecule has 1 aromatic heterocycles. The standard InChI is InChI=1S/C13H10BrNO2/c14-13-3-1-2-10(15-13)9-4-5-11-12(8-9)17-7-6-16-11/h1-5,8H,6-7H2. The van der Waals surface area contributed by atoms with Gasteiger partial charge in [-0.1, -0.05) is 6.07 Å². The predicted molar refractivity (Wildman–Crippen MR) is 68.4 cm³/mol. The quantitative estimate of drug-likeness (QED) is 0.756. The zero-order chi connectivity index (χ0) is 11.7. The third-order valence-corrected chi connectivity index (χ3v) is 2.99. The van der Waals surface area contributed by atoms with E-state index in [-0.39, 0.29) is 0 Å². The summed E-state index contributed by atoms with van der Waals surface area (Å²) in [6.45, 7) is 1.21. The van der Waals surface area contributed by atoms with Crippen LogP contribution < -0.4 is 9.47 Å². The average molecular weight is 292 g/mol. The van der Waals surface area contributed by atoms with Crippen LogP contribution in [0.3, 0.4) is 0 Å². The van der Waals surface area contributed by atoms with Gasteiger partial charge in [0, 0.05) is 5.56 Å². The topological polar surface area (TPSA) is 31.4 Å². The van der Waals surface area contributed by atoms with Crippen molar-refractivity contribution in [2.45, 2.75) is 0 Å². The molecule has 3 nitrogen and oxygen atoms in total. The Morgan fingerprint density at radius 1 is 1.00 bits per heavy atom. The lowest BCUT2D eigenvalue weighted by atomic mass is 10.1. The van der Waals surface area contributed by atoms with Crippen molar-refractivity contribution in [2.24, 2.45) is 0 Å². The van der Waals surface area contributed by atoms with Crippen molar-refractivity contribution in [3.63, 3.8) is 0 Å². The Bertz CT molecular complexity index is 557. The van der Waals surface area contributed by atoms with Gasteiger partial charge in [-0.05, 0) is 46.3 Å². The molecule has 0 atom stereocenters. The molecule has 2 heterocycles. The molecule has 0 radical (unpaired) electrons. The lowest BCUT2D eigenvalue weighted by Gasteiger charge is -2.18. The molecule has 0 saturated heterocycles. The molecule has 1 aliphatic heterocycles. The van der Waals surface area contributed by atoms with Crippen LogP contribution in [0, 0.1) is 0 Å². The van der Waals surface area contributed by atoms with E-state index in [4.69, 9.17) is 9.47 Å². The first kappa shape index (κ1) is 10.6. The van der Waals surface area contributed by atoms with Crippen molar-refractivity contribution < 1.29 is 9.47 Å². The minimum absolute atomic E-state index is 0.600. The Hall–Kier alpha value is -1.55. The maximum absolute atomic E-state index is 5.55. The lowest BCUT2D eigenvalue weighted by molar-refractivity contribution is 0.171. The molecular weight excluding hydrogens is 282 g/mol. The highest BCUT2D eigenvalue weighted by molar-refractivity contribution is 9.10. The second-order valence-electron chi connectivity index (χ2n) is 3.70. The van der Waals surface area contributed by atoms with Gasteiger partial charge in [0.15, 0.2) is 11.5 Å². The molecule has 4 heteroatoms. The summed E-state index contributed by atoms with van der Waals surface area (Å²) in [4.78, 5) is 4.41. The summed E-state index contributed by atoms with van der Waals surface area (Å²) in [6.07, 6.45) is 0. The number of fused-ring (bicyclic) bond motifs is 1. The molecule has 3 rings (SSSR count). The van der Waals surface area contributed by atoms with Crippen molar-refractivity contribution in [3.05, 3.63) is 41.0 Å². The molecule has 0 spiro atoms. The summed E-state index contributed by atoms with van der Waals surface area (Å²) in [5.74, 6) is 1.59. The van der Waals surface area contributed by atoms with Gasteiger partial charge in [-0.2, -0.15) is 0 Å². The van der Waals surface area contributed by atoms with Crippen molar-refractivity contribution in [2.75, 3.05) is 13.2 Å². The Balaban J connectivity index is 2.04. The van der Waals surface area contributed by atoms with Crippen LogP contribution in [0.15, 0.2) is 41.0 Å². The van der Waals surface area contributed by atoms with E-state index in [1.54, 1.807) is 0 Å². The molecule has 17 heavy (non-hydrogen) atoms. The minimum atomic E-state index is 0.600. The second-order valence-corrected chi connectivity index (χ2v) is 4.52. The summed E-state index contributed by atoms with van der Waals surface area (Å²) in [5, 5.41) is 0. The number of hydrogen-bond acceptors (Lipinski definition) is 3. The van der Waals surface area contributed by atoms with Gasteiger partial charge < -0.3 is 9.47 Å². The number of aromatic nitrogens is 1. The van der Waals surface area contributed by atoms with Gasteiger partial charge in [0.2, 0.25) is 0 Å². The van der Waals surface area contributed by atoms with Gasteiger partial charge in [-0.3, -0.25) is 0 Å². The predicted octanol–water partition coefficient (Wildman–Crippen LogP) is 3.28. The first-order valence-corrected chi connectivity index (χ1v) is 6.15. The molecule has 0 saturated carbocycles. The Labute approximate surface area is 108 Å². The summed E-state index contributed by atoms with van der Waals surface area (Å²) in [5.41, 5.74) is 1.94. The van der Waals surface area contributed by atoms with E-state index in [0.717, 1.165) is 27.4 Å². The zero-order valence-corrected chi connectivity index (χ0v) is 10.6. The number of pyridine rings is 1. The number of rotatable bonds is 1. The maximum Gasteiger partial charge on any atom is 0.162 e. The number of nitrogens with zero attached hydrogens (tertiary/aromatic N) is 1. The van der Waals surface area contributed by atoms with Crippen molar-refractivity contribution in [1.82, 2.24) is 4.98 Å². The molecule has 1 aliphatic rings. The zero-order valence-electron chi connectivity index (χ0n) is 9.02. The fourth-order valence-electron chi connectivity index (χ4n) is 1.77. The maximum atomic E-state index is 5.55. The minimum Gasteiger partial charge on any atom is -0.486 e. The van der Waals surface area contributed by atoms with Crippen molar-refractivity contribution >= 4 is 15.9 Å². The van der Waals surface area contributed by atoms with Gasteiger partial charge in [-0.15, -0.1) is 0 Å². The van der Waals surface area contributed by atoms with Gasteiger partial charge in [0.05, 0.1) is 5.69 Å². The van der Waals surface area contributed by atoms with E-state index in [0.29, 0.717) is 13.2 Å². The summed E-state index contributed by atoms with van der Waals surface area (Å²) in [7, 11) is 0. The van der Waals surface area contributed by atoms with Crippen molar-refractivity contribution in [3.8, 4) is 22.8 Å². The van der Waals surface area contributed by atoms with E-state index >= 15 is 0 Å². The molecule has 0 bridgehead atoms. The molecule has 0 N–H and O–H groups in total. The van der Waals surface area contributed by atoms with Crippen LogP contribution in [0.1, 0.15) is 0 Å². The Morgan fingerprint density at radius 3 is 2.65 bits per heavy atom. The average Bonchev–Trinajstić information content (AvgIpc) is 2.38. The molecular formula is C13H10BrNO2. The number of hydrogen-bond donors (Lipinski definition) is 0. The highest BCUT2D eigenvalue weighted by atomic mass is 79.9. The Morgan fingerprint density at radius 2 is 1.82 bits per heavy atom. The number of benzene rings is 1. The molecule has 0 aliphatic carbocycles. The highest BCUT2D eigenvalue weighted by Crippen LogP contribution is 2.34. The first-order valence-electron chi connectivity index (χ1n) is 5.35. The second kappa shape index (κ2) is 4.37. The first-order chi connectivity index (χ1) is 8.33. The van der Waals surface area contributed by atoms with Gasteiger partial charge in [0.1, 0.15) is 17.8 Å². The lowest BCUT2D eigenvalue weighted by Crippen LogP contribution is -2.15. The molecule has 2 aromatic rings. The monoisotopic (exact) mass is 291 g/mol. The smallest absolute Gasteiger partial charge is 0.162 e. The van der Waals surface area contributed by atoms with Gasteiger partial charge in [-0.25, -0.2) is 4.98 Å². The van der Waals surface area contributed by atoms with Crippen LogP contribution in [-0.2, 0) is 0 Å². The van der Waals surface area contributed by atoms with Crippen LogP contribution in [-0.4, -0.2) is 18.2 Å². The van der Waals surface area contributed by atoms with Crippen molar-refractivity contribution in [1.29, 1.82) is 0 Å². The van der Waals surface area contributed by atoms with E-state index in [2.05, 4.69) is 20.9 Å². The van der Waals surface area contributed by atoms with Gasteiger partial charge >= 0.3 is 0 Å². The molecule has 0 unspecified atom stereocenters.